The lowest BCUT2D eigenvalue weighted by atomic mass is 9.83. The molecule has 6 heteroatoms. The number of carbonyl (C=O) groups is 2. The summed E-state index contributed by atoms with van der Waals surface area (Å²) in [5, 5.41) is 6.12. The molecule has 1 fully saturated rings. The molecule has 0 aliphatic heterocycles. The average molecular weight is 462 g/mol. The van der Waals surface area contributed by atoms with Crippen molar-refractivity contribution in [3.8, 4) is 0 Å². The number of aryl methyl sites for hydroxylation is 1. The molecule has 1 aromatic carbocycles. The fourth-order valence-corrected chi connectivity index (χ4v) is 5.75. The first-order valence-corrected chi connectivity index (χ1v) is 13.6. The van der Waals surface area contributed by atoms with Crippen LogP contribution >= 0.6 is 11.8 Å². The van der Waals surface area contributed by atoms with Crippen LogP contribution in [0.4, 0.5) is 0 Å². The first kappa shape index (κ1) is 26.7. The molecule has 1 aliphatic rings. The van der Waals surface area contributed by atoms with Crippen LogP contribution in [0.1, 0.15) is 64.9 Å². The van der Waals surface area contributed by atoms with Gasteiger partial charge in [0, 0.05) is 18.3 Å². The maximum Gasteiger partial charge on any atom is 0.245 e. The lowest BCUT2D eigenvalue weighted by molar-refractivity contribution is -0.140. The maximum atomic E-state index is 13.8. The lowest BCUT2D eigenvalue weighted by Gasteiger charge is -2.37. The molecule has 2 N–H and O–H groups in total. The summed E-state index contributed by atoms with van der Waals surface area (Å²) in [6, 6.07) is 10.0. The van der Waals surface area contributed by atoms with Gasteiger partial charge in [-0.15, -0.1) is 0 Å². The Balaban J connectivity index is 2.02. The van der Waals surface area contributed by atoms with Crippen LogP contribution in [0.2, 0.25) is 0 Å². The van der Waals surface area contributed by atoms with E-state index in [0.717, 1.165) is 50.0 Å². The number of nitrogens with one attached hydrogen (secondary N) is 2. The summed E-state index contributed by atoms with van der Waals surface area (Å²) in [7, 11) is 1.78. The Bertz CT molecular complexity index is 679. The zero-order valence-corrected chi connectivity index (χ0v) is 21.3. The van der Waals surface area contributed by atoms with Crippen molar-refractivity contribution in [2.45, 2.75) is 83.8 Å². The van der Waals surface area contributed by atoms with Gasteiger partial charge in [0.05, 0.1) is 6.04 Å². The summed E-state index contributed by atoms with van der Waals surface area (Å²) in [6.07, 6.45) is 7.52. The molecule has 0 aromatic heterocycles. The lowest BCUT2D eigenvalue weighted by Crippen LogP contribution is -2.57. The molecule has 0 saturated heterocycles. The van der Waals surface area contributed by atoms with Crippen molar-refractivity contribution >= 4 is 23.6 Å². The summed E-state index contributed by atoms with van der Waals surface area (Å²) < 4.78 is 0. The highest BCUT2D eigenvalue weighted by molar-refractivity contribution is 7.99. The molecule has 1 aliphatic carbocycles. The third kappa shape index (κ3) is 8.11. The summed E-state index contributed by atoms with van der Waals surface area (Å²) >= 11 is 1.92. The van der Waals surface area contributed by atoms with Gasteiger partial charge in [0.1, 0.15) is 6.04 Å². The molecule has 2 amide bonds. The minimum absolute atomic E-state index is 0.0854. The summed E-state index contributed by atoms with van der Waals surface area (Å²) in [4.78, 5) is 28.5. The van der Waals surface area contributed by atoms with Crippen LogP contribution in [0.3, 0.4) is 0 Å². The van der Waals surface area contributed by atoms with E-state index >= 15 is 0 Å². The number of likely N-dealkylation sites (N-methyl/N-ethyl adjacent to an activating group) is 2. The molecule has 2 rings (SSSR count). The van der Waals surface area contributed by atoms with Crippen LogP contribution in [-0.2, 0) is 16.0 Å². The Kier molecular flexibility index (Phi) is 12.2. The molecule has 180 valence electrons. The molecular weight excluding hydrogens is 418 g/mol. The number of hydrogen-bond acceptors (Lipinski definition) is 4. The van der Waals surface area contributed by atoms with E-state index in [-0.39, 0.29) is 29.8 Å². The van der Waals surface area contributed by atoms with Gasteiger partial charge in [-0.1, -0.05) is 56.5 Å². The van der Waals surface area contributed by atoms with E-state index in [0.29, 0.717) is 6.54 Å². The Morgan fingerprint density at radius 3 is 2.41 bits per heavy atom. The molecule has 1 aromatic rings. The molecule has 0 heterocycles. The van der Waals surface area contributed by atoms with Gasteiger partial charge in [0.2, 0.25) is 11.8 Å². The van der Waals surface area contributed by atoms with Crippen LogP contribution in [0.25, 0.3) is 0 Å². The first-order valence-electron chi connectivity index (χ1n) is 12.4. The highest BCUT2D eigenvalue weighted by Crippen LogP contribution is 2.28. The highest BCUT2D eigenvalue weighted by Gasteiger charge is 2.36. The van der Waals surface area contributed by atoms with Gasteiger partial charge in [0.15, 0.2) is 0 Å². The van der Waals surface area contributed by atoms with E-state index in [2.05, 4.69) is 48.7 Å². The second-order valence-corrected chi connectivity index (χ2v) is 10.0. The fourth-order valence-electron chi connectivity index (χ4n) is 4.51. The zero-order chi connectivity index (χ0) is 23.3. The van der Waals surface area contributed by atoms with Gasteiger partial charge in [-0.3, -0.25) is 9.59 Å². The minimum Gasteiger partial charge on any atom is -0.343 e. The van der Waals surface area contributed by atoms with Crippen molar-refractivity contribution in [3.63, 3.8) is 0 Å². The number of carbonyl (C=O) groups excluding carboxylic acids is 2. The second-order valence-electron chi connectivity index (χ2n) is 8.89. The zero-order valence-electron chi connectivity index (χ0n) is 20.4. The molecule has 1 saturated carbocycles. The van der Waals surface area contributed by atoms with Crippen LogP contribution in [0.5, 0.6) is 0 Å². The van der Waals surface area contributed by atoms with Crippen molar-refractivity contribution in [3.05, 3.63) is 35.9 Å². The van der Waals surface area contributed by atoms with Gasteiger partial charge in [-0.25, -0.2) is 0 Å². The normalized spacial score (nSPS) is 17.4. The Labute approximate surface area is 199 Å². The molecule has 0 radical (unpaired) electrons. The summed E-state index contributed by atoms with van der Waals surface area (Å²) in [6.45, 7) is 6.74. The van der Waals surface area contributed by atoms with E-state index in [1.165, 1.54) is 12.0 Å². The average Bonchev–Trinajstić information content (AvgIpc) is 2.84. The van der Waals surface area contributed by atoms with Crippen LogP contribution in [0, 0.1) is 5.92 Å². The Hall–Kier alpha value is -1.53. The number of nitrogens with zero attached hydrogens (tertiary/aromatic N) is 1. The second kappa shape index (κ2) is 14.6. The molecule has 0 unspecified atom stereocenters. The highest BCUT2D eigenvalue weighted by atomic mass is 32.2. The van der Waals surface area contributed by atoms with Crippen molar-refractivity contribution in [2.24, 2.45) is 5.92 Å². The molecule has 5 nitrogen and oxygen atoms in total. The van der Waals surface area contributed by atoms with Crippen LogP contribution < -0.4 is 10.6 Å². The van der Waals surface area contributed by atoms with E-state index < -0.39 is 6.04 Å². The van der Waals surface area contributed by atoms with E-state index in [9.17, 15) is 9.59 Å². The van der Waals surface area contributed by atoms with Crippen molar-refractivity contribution in [1.82, 2.24) is 15.5 Å². The largest absolute Gasteiger partial charge is 0.343 e. The van der Waals surface area contributed by atoms with Crippen molar-refractivity contribution in [1.29, 1.82) is 0 Å². The smallest absolute Gasteiger partial charge is 0.245 e. The van der Waals surface area contributed by atoms with E-state index in [1.807, 2.05) is 29.7 Å². The van der Waals surface area contributed by atoms with Crippen molar-refractivity contribution < 1.29 is 9.59 Å². The predicted molar refractivity (Wildman–Crippen MR) is 136 cm³/mol. The summed E-state index contributed by atoms with van der Waals surface area (Å²) in [5.41, 5.74) is 1.36. The third-order valence-corrected chi connectivity index (χ3v) is 7.85. The summed E-state index contributed by atoms with van der Waals surface area (Å²) in [5.74, 6) is 2.24. The van der Waals surface area contributed by atoms with Gasteiger partial charge in [0.25, 0.3) is 0 Å². The Morgan fingerprint density at radius 1 is 1.12 bits per heavy atom. The topological polar surface area (TPSA) is 61.4 Å². The SMILES string of the molecule is CC[C@@H](CSCCc1ccccc1)N(CC)C(=O)[C@@H](NC(=O)[C@H](C)NC)C1CCCCC1. The van der Waals surface area contributed by atoms with Gasteiger partial charge < -0.3 is 15.5 Å². The number of benzene rings is 1. The number of rotatable bonds is 13. The molecule has 0 spiro atoms. The minimum atomic E-state index is -0.415. The quantitative estimate of drug-likeness (QED) is 0.431. The molecule has 32 heavy (non-hydrogen) atoms. The fraction of sp³-hybridized carbons (Fsp3) is 0.692. The molecule has 3 atom stereocenters. The molecule has 0 bridgehead atoms. The van der Waals surface area contributed by atoms with Gasteiger partial charge in [-0.2, -0.15) is 11.8 Å². The monoisotopic (exact) mass is 461 g/mol. The number of amides is 2. The van der Waals surface area contributed by atoms with Gasteiger partial charge in [-0.05, 0) is 63.8 Å². The third-order valence-electron chi connectivity index (χ3n) is 6.74. The van der Waals surface area contributed by atoms with E-state index in [1.54, 1.807) is 7.05 Å². The number of hydrogen-bond donors (Lipinski definition) is 2. The predicted octanol–water partition coefficient (Wildman–Crippen LogP) is 4.26. The van der Waals surface area contributed by atoms with Crippen LogP contribution in [-0.4, -0.2) is 59.9 Å². The van der Waals surface area contributed by atoms with E-state index in [4.69, 9.17) is 0 Å². The standard InChI is InChI=1S/C26H43N3O2S/c1-5-23(19-32-18-17-21-13-9-7-10-14-21)29(6-2)26(31)24(22-15-11-8-12-16-22)28-25(30)20(3)27-4/h7,9-10,13-14,20,22-24,27H,5-6,8,11-12,15-19H2,1-4H3,(H,28,30)/t20-,23-,24-/m0/s1. The first-order chi connectivity index (χ1) is 15.5. The van der Waals surface area contributed by atoms with Gasteiger partial charge >= 0.3 is 0 Å². The Morgan fingerprint density at radius 2 is 1.81 bits per heavy atom. The molecular formula is C26H43N3O2S. The number of thioether (sulfide) groups is 1. The maximum absolute atomic E-state index is 13.8. The van der Waals surface area contributed by atoms with Crippen molar-refractivity contribution in [2.75, 3.05) is 25.1 Å². The van der Waals surface area contributed by atoms with Crippen LogP contribution in [0.15, 0.2) is 30.3 Å².